The number of methoxy groups -OCH3 is 1. The Morgan fingerprint density at radius 2 is 2.19 bits per heavy atom. The Morgan fingerprint density at radius 3 is 2.75 bits per heavy atom. The highest BCUT2D eigenvalue weighted by molar-refractivity contribution is 5.53. The molecule has 0 heterocycles. The van der Waals surface area contributed by atoms with Crippen LogP contribution in [0.1, 0.15) is 12.5 Å². The Balaban J connectivity index is 2.59. The Morgan fingerprint density at radius 1 is 1.44 bits per heavy atom. The van der Waals surface area contributed by atoms with Crippen LogP contribution in [0.3, 0.4) is 0 Å². The predicted molar refractivity (Wildman–Crippen MR) is 65.3 cm³/mol. The van der Waals surface area contributed by atoms with E-state index in [0.717, 1.165) is 31.8 Å². The Kier molecular flexibility index (Phi) is 5.08. The molecule has 0 aliphatic rings. The first-order valence-electron chi connectivity index (χ1n) is 5.46. The summed E-state index contributed by atoms with van der Waals surface area (Å²) in [7, 11) is 1.70. The molecule has 3 N–H and O–H groups in total. The second-order valence-corrected chi connectivity index (χ2v) is 3.75. The van der Waals surface area contributed by atoms with Crippen LogP contribution in [0.5, 0.6) is 5.75 Å². The van der Waals surface area contributed by atoms with E-state index in [2.05, 4.69) is 11.8 Å². The van der Waals surface area contributed by atoms with E-state index in [1.807, 2.05) is 12.1 Å². The summed E-state index contributed by atoms with van der Waals surface area (Å²) in [4.78, 5) is 2.26. The van der Waals surface area contributed by atoms with Crippen molar-refractivity contribution in [3.8, 4) is 5.75 Å². The molecule has 0 bridgehead atoms. The molecule has 1 rings (SSSR count). The first-order valence-corrected chi connectivity index (χ1v) is 5.46. The van der Waals surface area contributed by atoms with Crippen molar-refractivity contribution in [2.24, 2.45) is 0 Å². The molecule has 0 radical (unpaired) electrons. The molecule has 0 spiro atoms. The van der Waals surface area contributed by atoms with E-state index >= 15 is 0 Å². The first kappa shape index (κ1) is 12.8. The molecule has 0 unspecified atom stereocenters. The molecule has 0 aliphatic carbocycles. The van der Waals surface area contributed by atoms with Crippen molar-refractivity contribution in [2.75, 3.05) is 32.5 Å². The average Bonchev–Trinajstić information content (AvgIpc) is 2.29. The lowest BCUT2D eigenvalue weighted by Gasteiger charge is -2.20. The van der Waals surface area contributed by atoms with Gasteiger partial charge in [0.1, 0.15) is 5.75 Å². The van der Waals surface area contributed by atoms with Gasteiger partial charge in [-0.1, -0.05) is 13.0 Å². The van der Waals surface area contributed by atoms with Crippen LogP contribution in [0.25, 0.3) is 0 Å². The van der Waals surface area contributed by atoms with E-state index in [0.29, 0.717) is 5.69 Å². The predicted octanol–water partition coefficient (Wildman–Crippen LogP) is 1.44. The van der Waals surface area contributed by atoms with Crippen LogP contribution >= 0.6 is 0 Å². The molecule has 0 aromatic heterocycles. The summed E-state index contributed by atoms with van der Waals surface area (Å²) in [5.41, 5.74) is 7.18. The monoisotopic (exact) mass is 224 g/mol. The van der Waals surface area contributed by atoms with Crippen molar-refractivity contribution in [1.29, 1.82) is 0 Å². The third-order valence-electron chi connectivity index (χ3n) is 2.56. The van der Waals surface area contributed by atoms with Gasteiger partial charge < -0.3 is 15.6 Å². The maximum atomic E-state index is 9.32. The highest BCUT2D eigenvalue weighted by Gasteiger charge is 2.05. The lowest BCUT2D eigenvalue weighted by Crippen LogP contribution is -2.26. The van der Waals surface area contributed by atoms with Crippen molar-refractivity contribution < 1.29 is 9.84 Å². The van der Waals surface area contributed by atoms with Crippen molar-refractivity contribution in [2.45, 2.75) is 13.5 Å². The standard InChI is InChI=1S/C12H20N2O2/c1-3-14(6-7-16-2)9-10-4-5-12(15)11(13)8-10/h4-5,8,15H,3,6-7,9,13H2,1-2H3. The number of hydrogen-bond acceptors (Lipinski definition) is 4. The topological polar surface area (TPSA) is 58.7 Å². The Bertz CT molecular complexity index is 329. The molecular weight excluding hydrogens is 204 g/mol. The molecule has 90 valence electrons. The van der Waals surface area contributed by atoms with Gasteiger partial charge in [-0.25, -0.2) is 0 Å². The Labute approximate surface area is 96.6 Å². The van der Waals surface area contributed by atoms with Crippen LogP contribution in [0.4, 0.5) is 5.69 Å². The zero-order chi connectivity index (χ0) is 12.0. The Hall–Kier alpha value is -1.26. The van der Waals surface area contributed by atoms with E-state index < -0.39 is 0 Å². The van der Waals surface area contributed by atoms with Crippen LogP contribution < -0.4 is 5.73 Å². The number of phenolic OH excluding ortho intramolecular Hbond substituents is 1. The van der Waals surface area contributed by atoms with Crippen LogP contribution in [0.15, 0.2) is 18.2 Å². The molecule has 0 aliphatic heterocycles. The zero-order valence-electron chi connectivity index (χ0n) is 9.94. The van der Waals surface area contributed by atoms with Crippen LogP contribution in [-0.2, 0) is 11.3 Å². The molecule has 0 fully saturated rings. The number of nitrogens with zero attached hydrogens (tertiary/aromatic N) is 1. The molecule has 16 heavy (non-hydrogen) atoms. The van der Waals surface area contributed by atoms with Gasteiger partial charge in [-0.05, 0) is 24.2 Å². The zero-order valence-corrected chi connectivity index (χ0v) is 9.94. The third kappa shape index (κ3) is 3.72. The van der Waals surface area contributed by atoms with Gasteiger partial charge in [-0.3, -0.25) is 4.90 Å². The molecule has 0 saturated heterocycles. The number of phenols is 1. The third-order valence-corrected chi connectivity index (χ3v) is 2.56. The molecule has 4 heteroatoms. The van der Waals surface area contributed by atoms with E-state index in [4.69, 9.17) is 10.5 Å². The fraction of sp³-hybridized carbons (Fsp3) is 0.500. The quantitative estimate of drug-likeness (QED) is 0.567. The summed E-state index contributed by atoms with van der Waals surface area (Å²) < 4.78 is 5.05. The highest BCUT2D eigenvalue weighted by Crippen LogP contribution is 2.21. The minimum Gasteiger partial charge on any atom is -0.506 e. The summed E-state index contributed by atoms with van der Waals surface area (Å²) in [5, 5.41) is 9.32. The number of aromatic hydroxyl groups is 1. The number of rotatable bonds is 6. The SMILES string of the molecule is CCN(CCOC)Cc1ccc(O)c(N)c1. The maximum Gasteiger partial charge on any atom is 0.138 e. The van der Waals surface area contributed by atoms with E-state index in [1.165, 1.54) is 0 Å². The number of hydrogen-bond donors (Lipinski definition) is 2. The number of benzene rings is 1. The van der Waals surface area contributed by atoms with Gasteiger partial charge in [0.2, 0.25) is 0 Å². The summed E-state index contributed by atoms with van der Waals surface area (Å²) in [6.07, 6.45) is 0. The lowest BCUT2D eigenvalue weighted by molar-refractivity contribution is 0.147. The van der Waals surface area contributed by atoms with E-state index in [1.54, 1.807) is 13.2 Å². The fourth-order valence-corrected chi connectivity index (χ4v) is 1.53. The molecule has 0 saturated carbocycles. The van der Waals surface area contributed by atoms with Gasteiger partial charge in [-0.2, -0.15) is 0 Å². The number of nitrogens with two attached hydrogens (primary N) is 1. The van der Waals surface area contributed by atoms with Gasteiger partial charge in [0, 0.05) is 20.2 Å². The van der Waals surface area contributed by atoms with Crippen LogP contribution in [0.2, 0.25) is 0 Å². The van der Waals surface area contributed by atoms with E-state index in [9.17, 15) is 5.11 Å². The number of nitrogen functional groups attached to an aromatic ring is 1. The summed E-state index contributed by atoms with van der Waals surface area (Å²) in [6.45, 7) is 5.52. The number of likely N-dealkylation sites (N-methyl/N-ethyl adjacent to an activating group) is 1. The molecule has 4 nitrogen and oxygen atoms in total. The van der Waals surface area contributed by atoms with Crippen molar-refractivity contribution in [3.63, 3.8) is 0 Å². The molecule has 0 amide bonds. The normalized spacial score (nSPS) is 10.9. The minimum absolute atomic E-state index is 0.142. The van der Waals surface area contributed by atoms with E-state index in [-0.39, 0.29) is 5.75 Å². The second kappa shape index (κ2) is 6.35. The van der Waals surface area contributed by atoms with Crippen molar-refractivity contribution in [3.05, 3.63) is 23.8 Å². The van der Waals surface area contributed by atoms with Crippen LogP contribution in [-0.4, -0.2) is 36.8 Å². The smallest absolute Gasteiger partial charge is 0.138 e. The minimum atomic E-state index is 0.142. The molecule has 1 aromatic rings. The number of anilines is 1. The van der Waals surface area contributed by atoms with Crippen molar-refractivity contribution >= 4 is 5.69 Å². The van der Waals surface area contributed by atoms with Gasteiger partial charge in [0.25, 0.3) is 0 Å². The molecular formula is C12H20N2O2. The summed E-state index contributed by atoms with van der Waals surface area (Å²) in [5.74, 6) is 0.142. The first-order chi connectivity index (χ1) is 7.67. The fourth-order valence-electron chi connectivity index (χ4n) is 1.53. The molecule has 1 aromatic carbocycles. The largest absolute Gasteiger partial charge is 0.506 e. The van der Waals surface area contributed by atoms with Gasteiger partial charge >= 0.3 is 0 Å². The van der Waals surface area contributed by atoms with Gasteiger partial charge in [0.05, 0.1) is 12.3 Å². The number of ether oxygens (including phenoxy) is 1. The lowest BCUT2D eigenvalue weighted by atomic mass is 10.2. The summed E-state index contributed by atoms with van der Waals surface area (Å²) >= 11 is 0. The summed E-state index contributed by atoms with van der Waals surface area (Å²) in [6, 6.07) is 5.33. The highest BCUT2D eigenvalue weighted by atomic mass is 16.5. The van der Waals surface area contributed by atoms with Gasteiger partial charge in [-0.15, -0.1) is 0 Å². The van der Waals surface area contributed by atoms with Crippen molar-refractivity contribution in [1.82, 2.24) is 4.90 Å². The second-order valence-electron chi connectivity index (χ2n) is 3.75. The average molecular weight is 224 g/mol. The van der Waals surface area contributed by atoms with Gasteiger partial charge in [0.15, 0.2) is 0 Å². The van der Waals surface area contributed by atoms with Crippen LogP contribution in [0, 0.1) is 0 Å². The molecule has 0 atom stereocenters. The maximum absolute atomic E-state index is 9.32.